The van der Waals surface area contributed by atoms with Gasteiger partial charge in [-0.15, -0.1) is 11.3 Å². The molecule has 384 valence electrons. The Hall–Kier alpha value is -5.23. The lowest BCUT2D eigenvalue weighted by molar-refractivity contribution is -0.143. The molecule has 2 aromatic heterocycles. The molecule has 0 spiro atoms. The van der Waals surface area contributed by atoms with Gasteiger partial charge in [-0.3, -0.25) is 24.1 Å². The van der Waals surface area contributed by atoms with Gasteiger partial charge in [-0.25, -0.2) is 18.7 Å². The summed E-state index contributed by atoms with van der Waals surface area (Å²) in [4.78, 5) is 73.2. The number of methoxy groups -OCH3 is 1. The Bertz CT molecular complexity index is 2530. The number of ether oxygens (including phenoxy) is 3. The molecule has 18 nitrogen and oxygen atoms in total. The molecule has 2 aromatic carbocycles. The van der Waals surface area contributed by atoms with Crippen molar-refractivity contribution in [2.75, 3.05) is 96.2 Å². The smallest absolute Gasteiger partial charge is 0.258 e. The van der Waals surface area contributed by atoms with Gasteiger partial charge < -0.3 is 50.4 Å². The van der Waals surface area contributed by atoms with Gasteiger partial charge in [-0.05, 0) is 63.4 Å². The third-order valence-electron chi connectivity index (χ3n) is 12.6. The molecule has 2 aliphatic heterocycles. The molecule has 4 heterocycles. The summed E-state index contributed by atoms with van der Waals surface area (Å²) in [6.07, 6.45) is 0.532. The fourth-order valence-electron chi connectivity index (χ4n) is 8.29. The van der Waals surface area contributed by atoms with Crippen LogP contribution >= 0.6 is 34.7 Å². The van der Waals surface area contributed by atoms with Gasteiger partial charge in [0.1, 0.15) is 34.5 Å². The molecule has 23 heteroatoms. The Morgan fingerprint density at radius 1 is 1.04 bits per heavy atom. The number of aromatic nitrogens is 3. The van der Waals surface area contributed by atoms with E-state index in [0.717, 1.165) is 0 Å². The number of nitrogens with zero attached hydrogens (tertiary/aromatic N) is 6. The van der Waals surface area contributed by atoms with E-state index in [1.165, 1.54) is 47.4 Å². The van der Waals surface area contributed by atoms with E-state index in [0.29, 0.717) is 120 Å². The predicted molar refractivity (Wildman–Crippen MR) is 269 cm³/mol. The summed E-state index contributed by atoms with van der Waals surface area (Å²) >= 11 is 8.79. The van der Waals surface area contributed by atoms with Crippen molar-refractivity contribution in [2.45, 2.75) is 75.2 Å². The van der Waals surface area contributed by atoms with Gasteiger partial charge in [0.25, 0.3) is 11.8 Å². The van der Waals surface area contributed by atoms with Gasteiger partial charge in [0, 0.05) is 80.9 Å². The van der Waals surface area contributed by atoms with Crippen molar-refractivity contribution >= 4 is 75.8 Å². The second-order valence-corrected chi connectivity index (χ2v) is 21.1. The highest BCUT2D eigenvalue weighted by molar-refractivity contribution is 8.00. The number of carbonyl (C=O) groups is 4. The maximum atomic E-state index is 15.1. The van der Waals surface area contributed by atoms with Crippen molar-refractivity contribution in [3.8, 4) is 16.2 Å². The van der Waals surface area contributed by atoms with Gasteiger partial charge in [-0.2, -0.15) is 16.7 Å². The normalized spacial score (nSPS) is 18.2. The van der Waals surface area contributed by atoms with E-state index in [9.17, 15) is 24.3 Å². The molecule has 2 saturated heterocycles. The molecule has 5 N–H and O–H groups in total. The van der Waals surface area contributed by atoms with Crippen LogP contribution in [-0.2, 0) is 30.4 Å². The Morgan fingerprint density at radius 2 is 1.79 bits per heavy atom. The lowest BCUT2D eigenvalue weighted by Crippen LogP contribution is -2.61. The van der Waals surface area contributed by atoms with Crippen LogP contribution in [0.15, 0.2) is 48.1 Å². The fourth-order valence-corrected chi connectivity index (χ4v) is 10.4. The summed E-state index contributed by atoms with van der Waals surface area (Å²) in [5.74, 6) is -0.940. The van der Waals surface area contributed by atoms with E-state index in [-0.39, 0.29) is 38.3 Å². The van der Waals surface area contributed by atoms with Gasteiger partial charge in [-0.1, -0.05) is 23.7 Å². The number of hydrogen-bond acceptors (Lipinski definition) is 16. The number of nitrogens with one attached hydrogen (secondary N) is 4. The topological polar surface area (TPSA) is 213 Å². The SMILES string of the molecule is CNc1nc(Nc2ccc(C(=O)N3CCN(CCOCCOCCSC(C)(C)[C@H](NC(=O)C4(F)CC4)C(=O)N4C[C@H](O)C[C@H]4C(=O)NCc4ccc(-c5scnc5C)c(F)c4)CC3)cc2OC)ncc1Cl. The fraction of sp³-hybridized carbons (Fsp3) is 0.521. The number of benzene rings is 2. The number of aliphatic hydroxyl groups is 1. The van der Waals surface area contributed by atoms with Crippen LogP contribution < -0.4 is 26.0 Å². The first-order valence-corrected chi connectivity index (χ1v) is 25.7. The molecule has 4 aromatic rings. The van der Waals surface area contributed by atoms with Gasteiger partial charge in [0.15, 0.2) is 5.67 Å². The minimum Gasteiger partial charge on any atom is -0.495 e. The number of hydrogen-bond donors (Lipinski definition) is 5. The second-order valence-electron chi connectivity index (χ2n) is 18.1. The minimum atomic E-state index is -2.06. The van der Waals surface area contributed by atoms with Crippen molar-refractivity contribution in [3.05, 3.63) is 75.8 Å². The summed E-state index contributed by atoms with van der Waals surface area (Å²) in [5.41, 5.74) is 2.30. The summed E-state index contributed by atoms with van der Waals surface area (Å²) < 4.78 is 46.4. The average molecular weight is 1040 g/mol. The van der Waals surface area contributed by atoms with Crippen LogP contribution in [0.4, 0.5) is 26.2 Å². The van der Waals surface area contributed by atoms with Crippen LogP contribution in [-0.4, -0.2) is 173 Å². The second kappa shape index (κ2) is 24.0. The highest BCUT2D eigenvalue weighted by atomic mass is 35.5. The molecule has 0 bridgehead atoms. The minimum absolute atomic E-state index is 0.0273. The van der Waals surface area contributed by atoms with Gasteiger partial charge in [0.05, 0.1) is 67.6 Å². The van der Waals surface area contributed by atoms with E-state index < -0.39 is 52.1 Å². The van der Waals surface area contributed by atoms with Crippen molar-refractivity contribution in [1.29, 1.82) is 0 Å². The van der Waals surface area contributed by atoms with Crippen LogP contribution in [0.25, 0.3) is 10.4 Å². The number of amides is 4. The average Bonchev–Trinajstić information content (AvgIpc) is 3.78. The third-order valence-corrected chi connectivity index (χ3v) is 15.2. The van der Waals surface area contributed by atoms with Crippen LogP contribution in [0.2, 0.25) is 5.02 Å². The Kier molecular flexibility index (Phi) is 18.1. The number of likely N-dealkylation sites (tertiary alicyclic amines) is 1. The number of carbonyl (C=O) groups excluding carboxylic acids is 4. The number of piperazine rings is 1. The van der Waals surface area contributed by atoms with Crippen molar-refractivity contribution in [3.63, 3.8) is 0 Å². The number of rotatable bonds is 23. The number of β-amino-alcohol motifs (C(OH)–C–C–N with tert-alkyl or cyclic N) is 1. The Morgan fingerprint density at radius 3 is 2.46 bits per heavy atom. The zero-order valence-corrected chi connectivity index (χ0v) is 42.8. The Balaban J connectivity index is 0.820. The van der Waals surface area contributed by atoms with E-state index in [2.05, 4.69) is 41.1 Å². The maximum Gasteiger partial charge on any atom is 0.258 e. The molecule has 0 radical (unpaired) electrons. The first-order valence-electron chi connectivity index (χ1n) is 23.4. The summed E-state index contributed by atoms with van der Waals surface area (Å²) in [7, 11) is 3.24. The van der Waals surface area contributed by atoms with Gasteiger partial charge >= 0.3 is 0 Å². The zero-order chi connectivity index (χ0) is 50.9. The molecule has 3 atom stereocenters. The molecule has 1 aliphatic carbocycles. The summed E-state index contributed by atoms with van der Waals surface area (Å²) in [6, 6.07) is 7.54. The van der Waals surface area contributed by atoms with E-state index in [4.69, 9.17) is 25.8 Å². The predicted octanol–water partition coefficient (Wildman–Crippen LogP) is 5.06. The molecule has 0 unspecified atom stereocenters. The van der Waals surface area contributed by atoms with E-state index in [1.807, 2.05) is 4.90 Å². The maximum absolute atomic E-state index is 15.1. The summed E-state index contributed by atoms with van der Waals surface area (Å²) in [6.45, 7) is 9.74. The van der Waals surface area contributed by atoms with Crippen LogP contribution in [0.3, 0.4) is 0 Å². The molecule has 4 amide bonds. The van der Waals surface area contributed by atoms with Crippen molar-refractivity contribution in [1.82, 2.24) is 40.3 Å². The molecule has 1 saturated carbocycles. The van der Waals surface area contributed by atoms with Gasteiger partial charge in [0.2, 0.25) is 17.8 Å². The van der Waals surface area contributed by atoms with Crippen LogP contribution in [0, 0.1) is 12.7 Å². The quantitative estimate of drug-likeness (QED) is 0.0615. The molecular formula is C48H61ClF2N10O8S2. The summed E-state index contributed by atoms with van der Waals surface area (Å²) in [5, 5.41) is 22.5. The highest BCUT2D eigenvalue weighted by Crippen LogP contribution is 2.41. The molecule has 3 aliphatic rings. The number of halogens is 3. The lowest BCUT2D eigenvalue weighted by atomic mass is 10.00. The largest absolute Gasteiger partial charge is 0.495 e. The Labute approximate surface area is 424 Å². The number of aliphatic hydroxyl groups excluding tert-OH is 1. The monoisotopic (exact) mass is 1040 g/mol. The number of aryl methyl sites for hydroxylation is 1. The molecule has 71 heavy (non-hydrogen) atoms. The first kappa shape index (κ1) is 53.6. The third kappa shape index (κ3) is 13.6. The number of thioether (sulfide) groups is 1. The van der Waals surface area contributed by atoms with E-state index >= 15 is 8.78 Å². The number of thiazole rings is 1. The lowest BCUT2D eigenvalue weighted by Gasteiger charge is -2.37. The molecular weight excluding hydrogens is 982 g/mol. The highest BCUT2D eigenvalue weighted by Gasteiger charge is 2.54. The molecule has 3 fully saturated rings. The van der Waals surface area contributed by atoms with Crippen LogP contribution in [0.5, 0.6) is 5.75 Å². The first-order chi connectivity index (χ1) is 34.0. The van der Waals surface area contributed by atoms with Crippen molar-refractivity contribution < 1.29 is 47.3 Å². The molecule has 7 rings (SSSR count). The zero-order valence-electron chi connectivity index (χ0n) is 40.4. The standard InChI is InChI=1S/C48H61ClF2N10O8S2/c1-29-39(70-28-55-29)33-8-6-30(22-35(33)50)25-53-42(63)37-24-32(62)27-61(37)44(65)40(57-45(66)48(51)10-11-48)47(2,3)71-21-20-69-19-18-68-17-16-59-12-14-60(15-13-59)43(64)31-7-9-36(38(23-31)67-5)56-46-54-26-34(49)41(52-4)58-46/h6-9,22-23,26,28,32,37,40,62H,10-21,24-25,27H2,1-5H3,(H,53,63)(H,57,66)(H2,52,54,56,58)/t32-,37+,40-/m1/s1. The number of anilines is 3. The van der Waals surface area contributed by atoms with Crippen molar-refractivity contribution in [2.24, 2.45) is 0 Å². The number of alkyl halides is 1. The van der Waals surface area contributed by atoms with E-state index in [1.54, 1.807) is 63.7 Å². The van der Waals surface area contributed by atoms with Crippen LogP contribution in [0.1, 0.15) is 54.7 Å².